The first-order chi connectivity index (χ1) is 28.6. The standard InChI is InChI=1S/C45H52F6N4O5S/c1-42(2)24-34-37(35(25-42)60-61(57,58)33-8-6-5-7-9-33)36(28-14-18-44(47,48)19-15-28)38(39(46)29-10-12-31(13-11-29)45(49,50)51)40(54-34)30-16-21-55(22-17-30)41-52-26-32(27-53-41)59-23-20-43(3,4)56/h5-13,26-28,30,35,39,56H,14-25H2,1-4H3/t35-,39?/m0/s1. The zero-order valence-electron chi connectivity index (χ0n) is 34.7. The number of aliphatic hydroxyl groups is 1. The van der Waals surface area contributed by atoms with Gasteiger partial charge in [-0.05, 0) is 99.1 Å². The largest absolute Gasteiger partial charge is 0.490 e. The molecule has 1 saturated carbocycles. The molecule has 1 saturated heterocycles. The van der Waals surface area contributed by atoms with Gasteiger partial charge >= 0.3 is 6.18 Å². The van der Waals surface area contributed by atoms with Crippen LogP contribution in [0.1, 0.15) is 142 Å². The fraction of sp³-hybridized carbons (Fsp3) is 0.533. The molecule has 0 spiro atoms. The third-order valence-electron chi connectivity index (χ3n) is 12.1. The van der Waals surface area contributed by atoms with Gasteiger partial charge in [0.25, 0.3) is 10.1 Å². The van der Waals surface area contributed by atoms with Gasteiger partial charge in [0.1, 0.15) is 6.10 Å². The van der Waals surface area contributed by atoms with Gasteiger partial charge in [-0.25, -0.2) is 23.1 Å². The number of alkyl halides is 6. The van der Waals surface area contributed by atoms with Gasteiger partial charge in [0.05, 0.1) is 40.8 Å². The quantitative estimate of drug-likeness (QED) is 0.110. The lowest BCUT2D eigenvalue weighted by Gasteiger charge is -2.42. The lowest BCUT2D eigenvalue weighted by Crippen LogP contribution is -2.36. The molecule has 1 N–H and O–H groups in total. The van der Waals surface area contributed by atoms with Crippen molar-refractivity contribution in [3.05, 3.63) is 106 Å². The molecule has 0 bridgehead atoms. The molecule has 7 rings (SSSR count). The molecule has 2 aromatic carbocycles. The molecule has 330 valence electrons. The first-order valence-electron chi connectivity index (χ1n) is 20.8. The number of aromatic nitrogens is 3. The minimum atomic E-state index is -4.66. The Labute approximate surface area is 353 Å². The van der Waals surface area contributed by atoms with Crippen LogP contribution in [0.25, 0.3) is 0 Å². The number of pyridine rings is 1. The summed E-state index contributed by atoms with van der Waals surface area (Å²) in [7, 11) is -4.38. The lowest BCUT2D eigenvalue weighted by atomic mass is 9.68. The van der Waals surface area contributed by atoms with E-state index >= 15 is 4.39 Å². The summed E-state index contributed by atoms with van der Waals surface area (Å²) in [6.07, 6.45) is -3.83. The van der Waals surface area contributed by atoms with Gasteiger partial charge in [-0.1, -0.05) is 44.2 Å². The van der Waals surface area contributed by atoms with E-state index in [1.54, 1.807) is 44.4 Å². The van der Waals surface area contributed by atoms with Crippen molar-refractivity contribution in [2.24, 2.45) is 5.41 Å². The van der Waals surface area contributed by atoms with Crippen molar-refractivity contribution >= 4 is 16.1 Å². The molecule has 0 radical (unpaired) electrons. The van der Waals surface area contributed by atoms with E-state index in [-0.39, 0.29) is 47.8 Å². The molecule has 2 aromatic heterocycles. The zero-order chi connectivity index (χ0) is 44.0. The smallest absolute Gasteiger partial charge is 0.416 e. The number of hydrogen-bond acceptors (Lipinski definition) is 9. The second kappa shape index (κ2) is 17.1. The molecule has 1 aliphatic heterocycles. The fourth-order valence-electron chi connectivity index (χ4n) is 8.88. The lowest BCUT2D eigenvalue weighted by molar-refractivity contribution is -0.137. The van der Waals surface area contributed by atoms with Gasteiger partial charge in [0, 0.05) is 55.1 Å². The average molecular weight is 875 g/mol. The fourth-order valence-corrected chi connectivity index (χ4v) is 9.95. The Morgan fingerprint density at radius 3 is 2.11 bits per heavy atom. The summed E-state index contributed by atoms with van der Waals surface area (Å²) < 4.78 is 128. The second-order valence-electron chi connectivity index (χ2n) is 18.1. The minimum Gasteiger partial charge on any atom is -0.490 e. The zero-order valence-corrected chi connectivity index (χ0v) is 35.5. The Hall–Kier alpha value is -4.28. The van der Waals surface area contributed by atoms with Crippen molar-refractivity contribution in [1.29, 1.82) is 0 Å². The Morgan fingerprint density at radius 2 is 1.52 bits per heavy atom. The molecule has 3 aliphatic rings. The van der Waals surface area contributed by atoms with Crippen LogP contribution in [0, 0.1) is 5.41 Å². The number of rotatable bonds is 12. The maximum Gasteiger partial charge on any atom is 0.416 e. The molecule has 2 aliphatic carbocycles. The predicted octanol–water partition coefficient (Wildman–Crippen LogP) is 10.6. The van der Waals surface area contributed by atoms with Gasteiger partial charge in [0.15, 0.2) is 11.9 Å². The molecule has 4 aromatic rings. The summed E-state index contributed by atoms with van der Waals surface area (Å²) in [6, 6.07) is 11.4. The molecular formula is C45H52F6N4O5S. The molecule has 2 fully saturated rings. The van der Waals surface area contributed by atoms with Crippen LogP contribution < -0.4 is 9.64 Å². The van der Waals surface area contributed by atoms with Gasteiger partial charge in [-0.3, -0.25) is 9.17 Å². The van der Waals surface area contributed by atoms with E-state index in [2.05, 4.69) is 9.97 Å². The van der Waals surface area contributed by atoms with Crippen LogP contribution >= 0.6 is 0 Å². The number of anilines is 1. The molecule has 9 nitrogen and oxygen atoms in total. The molecule has 2 atom stereocenters. The number of halogens is 6. The maximum atomic E-state index is 17.8. The number of nitrogens with zero attached hydrogens (tertiary/aromatic N) is 4. The van der Waals surface area contributed by atoms with Gasteiger partial charge in [-0.2, -0.15) is 21.6 Å². The predicted molar refractivity (Wildman–Crippen MR) is 217 cm³/mol. The van der Waals surface area contributed by atoms with Crippen LogP contribution in [0.5, 0.6) is 5.75 Å². The van der Waals surface area contributed by atoms with E-state index < -0.39 is 69.8 Å². The highest BCUT2D eigenvalue weighted by Gasteiger charge is 2.45. The van der Waals surface area contributed by atoms with Crippen molar-refractivity contribution in [2.75, 3.05) is 24.6 Å². The highest BCUT2D eigenvalue weighted by atomic mass is 32.2. The van der Waals surface area contributed by atoms with Crippen molar-refractivity contribution < 1.29 is 48.8 Å². The summed E-state index contributed by atoms with van der Waals surface area (Å²) in [6.45, 7) is 8.45. The van der Waals surface area contributed by atoms with Crippen molar-refractivity contribution in [3.63, 3.8) is 0 Å². The number of benzene rings is 2. The Morgan fingerprint density at radius 1 is 0.902 bits per heavy atom. The average Bonchev–Trinajstić information content (AvgIpc) is 3.19. The van der Waals surface area contributed by atoms with Crippen LogP contribution in [0.4, 0.5) is 32.3 Å². The molecule has 16 heteroatoms. The number of ether oxygens (including phenoxy) is 1. The van der Waals surface area contributed by atoms with Crippen molar-refractivity contribution in [2.45, 2.75) is 132 Å². The minimum absolute atomic E-state index is 0.0234. The molecule has 1 unspecified atom stereocenters. The van der Waals surface area contributed by atoms with Crippen LogP contribution in [-0.4, -0.2) is 59.7 Å². The van der Waals surface area contributed by atoms with Crippen LogP contribution in [0.3, 0.4) is 0 Å². The second-order valence-corrected chi connectivity index (χ2v) is 19.7. The normalized spacial score (nSPS) is 20.6. The highest BCUT2D eigenvalue weighted by Crippen LogP contribution is 2.54. The summed E-state index contributed by atoms with van der Waals surface area (Å²) in [5.74, 6) is -3.06. The van der Waals surface area contributed by atoms with E-state index in [1.165, 1.54) is 12.1 Å². The van der Waals surface area contributed by atoms with Crippen LogP contribution in [-0.2, 0) is 26.9 Å². The number of hydrogen-bond donors (Lipinski definition) is 1. The molecule has 0 amide bonds. The summed E-state index contributed by atoms with van der Waals surface area (Å²) in [4.78, 5) is 16.1. The maximum absolute atomic E-state index is 17.8. The van der Waals surface area contributed by atoms with Crippen LogP contribution in [0.2, 0.25) is 0 Å². The SMILES string of the molecule is CC(C)(O)CCOc1cnc(N2CCC(c3nc4c(c(C5CCC(F)(F)CC5)c3C(F)c3ccc(C(F)(F)F)cc3)[C@@H](OS(=O)(=O)c3ccccc3)CC(C)(C)C4)CC2)nc1. The molecule has 61 heavy (non-hydrogen) atoms. The van der Waals surface area contributed by atoms with E-state index in [9.17, 15) is 35.5 Å². The first-order valence-corrected chi connectivity index (χ1v) is 22.2. The van der Waals surface area contributed by atoms with E-state index in [1.807, 2.05) is 18.7 Å². The highest BCUT2D eigenvalue weighted by molar-refractivity contribution is 7.86. The van der Waals surface area contributed by atoms with Gasteiger partial charge in [-0.15, -0.1) is 0 Å². The number of fused-ring (bicyclic) bond motifs is 1. The Balaban J connectivity index is 1.32. The van der Waals surface area contributed by atoms with E-state index in [0.717, 1.165) is 24.3 Å². The molecule has 3 heterocycles. The first kappa shape index (κ1) is 44.8. The Kier molecular flexibility index (Phi) is 12.6. The Bertz CT molecular complexity index is 2250. The monoisotopic (exact) mass is 874 g/mol. The third kappa shape index (κ3) is 10.5. The topological polar surface area (TPSA) is 115 Å². The third-order valence-corrected chi connectivity index (χ3v) is 13.4. The van der Waals surface area contributed by atoms with Gasteiger partial charge < -0.3 is 14.7 Å². The van der Waals surface area contributed by atoms with E-state index in [0.29, 0.717) is 73.0 Å². The van der Waals surface area contributed by atoms with E-state index in [4.69, 9.17) is 13.9 Å². The van der Waals surface area contributed by atoms with Crippen molar-refractivity contribution in [3.8, 4) is 5.75 Å². The summed E-state index contributed by atoms with van der Waals surface area (Å²) >= 11 is 0. The molecular weight excluding hydrogens is 823 g/mol. The summed E-state index contributed by atoms with van der Waals surface area (Å²) in [5, 5.41) is 9.99. The van der Waals surface area contributed by atoms with Crippen molar-refractivity contribution in [1.82, 2.24) is 15.0 Å². The van der Waals surface area contributed by atoms with Crippen LogP contribution in [0.15, 0.2) is 71.9 Å². The summed E-state index contributed by atoms with van der Waals surface area (Å²) in [5.41, 5.74) is -0.750. The number of piperidine rings is 1. The van der Waals surface area contributed by atoms with Gasteiger partial charge in [0.2, 0.25) is 11.9 Å².